The maximum atomic E-state index is 13.6. The molecular formula is C23H30F3N3O4S. The Balaban J connectivity index is 1.99. The van der Waals surface area contributed by atoms with Gasteiger partial charge in [0.25, 0.3) is 0 Å². The van der Waals surface area contributed by atoms with Crippen molar-refractivity contribution in [3.63, 3.8) is 0 Å². The van der Waals surface area contributed by atoms with Crippen LogP contribution in [0.3, 0.4) is 0 Å². The van der Waals surface area contributed by atoms with Crippen molar-refractivity contribution in [2.45, 2.75) is 76.0 Å². The van der Waals surface area contributed by atoms with Gasteiger partial charge in [-0.3, -0.25) is 9.48 Å². The van der Waals surface area contributed by atoms with E-state index in [1.807, 2.05) is 6.92 Å². The van der Waals surface area contributed by atoms with E-state index in [-0.39, 0.29) is 24.0 Å². The molecule has 11 heteroatoms. The molecular weight excluding hydrogens is 471 g/mol. The molecule has 2 aromatic rings. The van der Waals surface area contributed by atoms with Crippen molar-refractivity contribution < 1.29 is 31.1 Å². The number of benzene rings is 1. The number of fused-ring (bicyclic) bond motifs is 1. The molecule has 2 unspecified atom stereocenters. The summed E-state index contributed by atoms with van der Waals surface area (Å²) in [5.74, 6) is -0.679. The summed E-state index contributed by atoms with van der Waals surface area (Å²) in [6, 6.07) is 2.45. The van der Waals surface area contributed by atoms with Crippen LogP contribution < -0.4 is 0 Å². The van der Waals surface area contributed by atoms with Gasteiger partial charge in [0.15, 0.2) is 0 Å². The summed E-state index contributed by atoms with van der Waals surface area (Å²) < 4.78 is 75.3. The molecule has 0 radical (unpaired) electrons. The number of sulfonamides is 1. The molecule has 0 N–H and O–H groups in total. The quantitative estimate of drug-likeness (QED) is 0.491. The number of carbonyl (C=O) groups excluding carboxylic acids is 1. The Labute approximate surface area is 197 Å². The summed E-state index contributed by atoms with van der Waals surface area (Å²) in [5.41, 5.74) is 0.728. The van der Waals surface area contributed by atoms with Crippen molar-refractivity contribution in [3.8, 4) is 0 Å². The summed E-state index contributed by atoms with van der Waals surface area (Å²) in [4.78, 5) is 11.5. The minimum absolute atomic E-state index is 0.0851. The molecule has 7 nitrogen and oxygen atoms in total. The van der Waals surface area contributed by atoms with Crippen molar-refractivity contribution in [3.05, 3.63) is 46.8 Å². The van der Waals surface area contributed by atoms with Gasteiger partial charge in [-0.25, -0.2) is 8.42 Å². The van der Waals surface area contributed by atoms with E-state index in [0.717, 1.165) is 16.1 Å². The Morgan fingerprint density at radius 3 is 2.62 bits per heavy atom. The minimum atomic E-state index is -4.67. The van der Waals surface area contributed by atoms with Crippen molar-refractivity contribution in [2.75, 3.05) is 13.7 Å². The van der Waals surface area contributed by atoms with Crippen LogP contribution in [-0.4, -0.2) is 42.1 Å². The Bertz CT molecular complexity index is 1140. The molecule has 0 saturated carbocycles. The van der Waals surface area contributed by atoms with E-state index in [2.05, 4.69) is 5.10 Å². The summed E-state index contributed by atoms with van der Waals surface area (Å²) in [6.45, 7) is 5.45. The lowest BCUT2D eigenvalue weighted by molar-refractivity contribution is -0.144. The first kappa shape index (κ1) is 26.2. The number of aromatic nitrogens is 2. The highest BCUT2D eigenvalue weighted by Crippen LogP contribution is 2.39. The Hall–Kier alpha value is -2.40. The largest absolute Gasteiger partial charge is 0.465 e. The standard InChI is InChI=1S/C23H30F3N3O4S/c1-5-15(3)16-10-17(23(24,25)26)12-18(11-16)34(31,32)28(4)20-8-7-9-21-19(20)13-27-29(21)14-22(30)33-6-2/h10-13,15,20H,5-9,14H2,1-4H3. The Kier molecular flexibility index (Phi) is 7.76. The van der Waals surface area contributed by atoms with Crippen molar-refractivity contribution in [1.29, 1.82) is 0 Å². The van der Waals surface area contributed by atoms with E-state index in [4.69, 9.17) is 4.74 Å². The van der Waals surface area contributed by atoms with Crippen LogP contribution in [0.1, 0.15) is 74.4 Å². The molecule has 1 aromatic carbocycles. The number of nitrogens with zero attached hydrogens (tertiary/aromatic N) is 3. The van der Waals surface area contributed by atoms with Crippen LogP contribution in [0, 0.1) is 0 Å². The zero-order valence-electron chi connectivity index (χ0n) is 19.7. The van der Waals surface area contributed by atoms with Crippen LogP contribution in [0.15, 0.2) is 29.3 Å². The first-order valence-corrected chi connectivity index (χ1v) is 12.7. The molecule has 0 spiro atoms. The average molecular weight is 502 g/mol. The highest BCUT2D eigenvalue weighted by molar-refractivity contribution is 7.89. The maximum Gasteiger partial charge on any atom is 0.416 e. The molecule has 3 rings (SSSR count). The van der Waals surface area contributed by atoms with Crippen molar-refractivity contribution >= 4 is 16.0 Å². The van der Waals surface area contributed by atoms with E-state index in [9.17, 15) is 26.4 Å². The molecule has 1 aliphatic rings. The van der Waals surface area contributed by atoms with Crippen LogP contribution in [-0.2, 0) is 38.7 Å². The second-order valence-corrected chi connectivity index (χ2v) is 10.5. The molecule has 0 fully saturated rings. The molecule has 1 heterocycles. The zero-order valence-corrected chi connectivity index (χ0v) is 20.5. The smallest absolute Gasteiger partial charge is 0.416 e. The molecule has 1 aromatic heterocycles. The van der Waals surface area contributed by atoms with Crippen LogP contribution in [0.25, 0.3) is 0 Å². The van der Waals surface area contributed by atoms with Crippen LogP contribution >= 0.6 is 0 Å². The SMILES string of the molecule is CCOC(=O)Cn1ncc2c1CCCC2N(C)S(=O)(=O)c1cc(C(C)CC)cc(C(F)(F)F)c1. The number of ether oxygens (including phenoxy) is 1. The molecule has 0 saturated heterocycles. The second kappa shape index (κ2) is 10.1. The third kappa shape index (κ3) is 5.30. The number of hydrogen-bond acceptors (Lipinski definition) is 5. The van der Waals surface area contributed by atoms with Gasteiger partial charge in [0, 0.05) is 18.3 Å². The van der Waals surface area contributed by atoms with Crippen LogP contribution in [0.5, 0.6) is 0 Å². The van der Waals surface area contributed by atoms with Crippen LogP contribution in [0.2, 0.25) is 0 Å². The van der Waals surface area contributed by atoms with Gasteiger partial charge in [-0.05, 0) is 62.3 Å². The second-order valence-electron chi connectivity index (χ2n) is 8.54. The lowest BCUT2D eigenvalue weighted by Gasteiger charge is -2.31. The predicted molar refractivity (Wildman–Crippen MR) is 120 cm³/mol. The summed E-state index contributed by atoms with van der Waals surface area (Å²) in [6.07, 6.45) is -0.819. The van der Waals surface area contributed by atoms with Gasteiger partial charge in [-0.15, -0.1) is 0 Å². The molecule has 34 heavy (non-hydrogen) atoms. The van der Waals surface area contributed by atoms with Crippen LogP contribution in [0.4, 0.5) is 13.2 Å². The van der Waals surface area contributed by atoms with E-state index < -0.39 is 33.8 Å². The number of carbonyl (C=O) groups is 1. The average Bonchev–Trinajstić information content (AvgIpc) is 3.20. The maximum absolute atomic E-state index is 13.6. The highest BCUT2D eigenvalue weighted by atomic mass is 32.2. The van der Waals surface area contributed by atoms with E-state index in [0.29, 0.717) is 42.9 Å². The molecule has 0 bridgehead atoms. The van der Waals surface area contributed by atoms with Gasteiger partial charge in [0.05, 0.1) is 29.3 Å². The topological polar surface area (TPSA) is 81.5 Å². The summed E-state index contributed by atoms with van der Waals surface area (Å²) in [5, 5.41) is 4.25. The predicted octanol–water partition coefficient (Wildman–Crippen LogP) is 4.68. The van der Waals surface area contributed by atoms with Gasteiger partial charge >= 0.3 is 12.1 Å². The minimum Gasteiger partial charge on any atom is -0.465 e. The normalized spacial score (nSPS) is 17.5. The van der Waals surface area contributed by atoms with Crippen molar-refractivity contribution in [1.82, 2.24) is 14.1 Å². The first-order valence-electron chi connectivity index (χ1n) is 11.3. The lowest BCUT2D eigenvalue weighted by Crippen LogP contribution is -2.34. The fourth-order valence-corrected chi connectivity index (χ4v) is 5.67. The molecule has 1 aliphatic carbocycles. The number of halogens is 3. The summed E-state index contributed by atoms with van der Waals surface area (Å²) >= 11 is 0. The molecule has 188 valence electrons. The van der Waals surface area contributed by atoms with E-state index in [1.165, 1.54) is 24.0 Å². The monoisotopic (exact) mass is 501 g/mol. The van der Waals surface area contributed by atoms with Gasteiger partial charge in [-0.2, -0.15) is 22.6 Å². The number of esters is 1. The number of hydrogen-bond donors (Lipinski definition) is 0. The third-order valence-corrected chi connectivity index (χ3v) is 8.21. The Morgan fingerprint density at radius 1 is 1.29 bits per heavy atom. The lowest BCUT2D eigenvalue weighted by atomic mass is 9.93. The Morgan fingerprint density at radius 2 is 2.00 bits per heavy atom. The number of rotatable bonds is 8. The molecule has 2 atom stereocenters. The number of alkyl halides is 3. The van der Waals surface area contributed by atoms with E-state index in [1.54, 1.807) is 13.8 Å². The van der Waals surface area contributed by atoms with Gasteiger partial charge < -0.3 is 4.74 Å². The summed E-state index contributed by atoms with van der Waals surface area (Å²) in [7, 11) is -2.87. The fraction of sp³-hybridized carbons (Fsp3) is 0.565. The first-order chi connectivity index (χ1) is 15.9. The fourth-order valence-electron chi connectivity index (χ4n) is 4.23. The molecule has 0 amide bonds. The van der Waals surface area contributed by atoms with Gasteiger partial charge in [0.1, 0.15) is 6.54 Å². The zero-order chi connectivity index (χ0) is 25.3. The molecule has 0 aliphatic heterocycles. The van der Waals surface area contributed by atoms with Gasteiger partial charge in [0.2, 0.25) is 10.0 Å². The highest BCUT2D eigenvalue weighted by Gasteiger charge is 2.37. The van der Waals surface area contributed by atoms with E-state index >= 15 is 0 Å². The van der Waals surface area contributed by atoms with Crippen molar-refractivity contribution in [2.24, 2.45) is 0 Å². The third-order valence-electron chi connectivity index (χ3n) is 6.37. The van der Waals surface area contributed by atoms with Gasteiger partial charge in [-0.1, -0.05) is 13.8 Å².